The molecule has 0 saturated carbocycles. The summed E-state index contributed by atoms with van der Waals surface area (Å²) in [5.74, 6) is -1.20. The van der Waals surface area contributed by atoms with Crippen LogP contribution in [0.1, 0.15) is 16.2 Å². The molecule has 1 aromatic heterocycles. The SMILES string of the molecule is O=C(O)c1nn2c(c1Br)CN(CC(F)(F)F)CC2. The summed E-state index contributed by atoms with van der Waals surface area (Å²) in [5.41, 5.74) is 0.293. The summed E-state index contributed by atoms with van der Waals surface area (Å²) in [6.45, 7) is -0.537. The first-order valence-corrected chi connectivity index (χ1v) is 5.85. The molecular weight excluding hydrogens is 319 g/mol. The Morgan fingerprint density at radius 2 is 2.11 bits per heavy atom. The number of nitrogens with zero attached hydrogens (tertiary/aromatic N) is 3. The largest absolute Gasteiger partial charge is 0.476 e. The molecule has 18 heavy (non-hydrogen) atoms. The van der Waals surface area contributed by atoms with Gasteiger partial charge in [-0.05, 0) is 15.9 Å². The van der Waals surface area contributed by atoms with Crippen molar-refractivity contribution in [3.05, 3.63) is 15.9 Å². The average Bonchev–Trinajstić information content (AvgIpc) is 2.54. The highest BCUT2D eigenvalue weighted by Gasteiger charge is 2.34. The smallest absolute Gasteiger partial charge is 0.401 e. The molecule has 1 N–H and O–H groups in total. The molecule has 0 aromatic carbocycles. The van der Waals surface area contributed by atoms with Crippen LogP contribution in [0.15, 0.2) is 4.47 Å². The molecule has 100 valence electrons. The van der Waals surface area contributed by atoms with E-state index in [2.05, 4.69) is 21.0 Å². The second-order valence-electron chi connectivity index (χ2n) is 3.96. The van der Waals surface area contributed by atoms with Crippen LogP contribution in [0.2, 0.25) is 0 Å². The molecule has 0 fully saturated rings. The van der Waals surface area contributed by atoms with Gasteiger partial charge in [-0.15, -0.1) is 0 Å². The molecule has 0 radical (unpaired) electrons. The minimum Gasteiger partial charge on any atom is -0.476 e. The lowest BCUT2D eigenvalue weighted by Gasteiger charge is -2.28. The predicted octanol–water partition coefficient (Wildman–Crippen LogP) is 1.72. The molecule has 9 heteroatoms. The fourth-order valence-corrected chi connectivity index (χ4v) is 2.44. The van der Waals surface area contributed by atoms with Crippen molar-refractivity contribution in [3.63, 3.8) is 0 Å². The molecule has 0 amide bonds. The lowest BCUT2D eigenvalue weighted by Crippen LogP contribution is -2.40. The zero-order valence-electron chi connectivity index (χ0n) is 9.04. The van der Waals surface area contributed by atoms with Gasteiger partial charge in [0.2, 0.25) is 0 Å². The number of alkyl halides is 3. The highest BCUT2D eigenvalue weighted by molar-refractivity contribution is 9.10. The maximum atomic E-state index is 12.3. The van der Waals surface area contributed by atoms with Gasteiger partial charge in [0.05, 0.1) is 23.3 Å². The molecule has 5 nitrogen and oxygen atoms in total. The highest BCUT2D eigenvalue weighted by atomic mass is 79.9. The van der Waals surface area contributed by atoms with Gasteiger partial charge in [0, 0.05) is 13.1 Å². The van der Waals surface area contributed by atoms with Gasteiger partial charge < -0.3 is 5.11 Å². The third-order valence-electron chi connectivity index (χ3n) is 2.60. The first-order chi connectivity index (χ1) is 8.28. The van der Waals surface area contributed by atoms with E-state index in [4.69, 9.17) is 5.11 Å². The van der Waals surface area contributed by atoms with Crippen molar-refractivity contribution >= 4 is 21.9 Å². The van der Waals surface area contributed by atoms with E-state index in [1.165, 1.54) is 9.58 Å². The number of hydrogen-bond donors (Lipinski definition) is 1. The van der Waals surface area contributed by atoms with Gasteiger partial charge in [-0.2, -0.15) is 18.3 Å². The van der Waals surface area contributed by atoms with E-state index in [9.17, 15) is 18.0 Å². The molecule has 2 heterocycles. The third-order valence-corrected chi connectivity index (χ3v) is 3.43. The Balaban J connectivity index is 2.21. The van der Waals surface area contributed by atoms with Crippen LogP contribution in [0.3, 0.4) is 0 Å². The predicted molar refractivity (Wildman–Crippen MR) is 58.2 cm³/mol. The molecule has 1 aliphatic rings. The number of halogens is 4. The Hall–Kier alpha value is -1.09. The van der Waals surface area contributed by atoms with Crippen molar-refractivity contribution in [1.29, 1.82) is 0 Å². The molecule has 0 unspecified atom stereocenters. The van der Waals surface area contributed by atoms with E-state index < -0.39 is 18.7 Å². The monoisotopic (exact) mass is 327 g/mol. The summed E-state index contributed by atoms with van der Waals surface area (Å²) in [7, 11) is 0. The number of hydrogen-bond acceptors (Lipinski definition) is 3. The Labute approximate surface area is 108 Å². The van der Waals surface area contributed by atoms with Gasteiger partial charge in [0.1, 0.15) is 0 Å². The Morgan fingerprint density at radius 3 is 2.67 bits per heavy atom. The van der Waals surface area contributed by atoms with Crippen LogP contribution in [-0.4, -0.2) is 45.0 Å². The fraction of sp³-hybridized carbons (Fsp3) is 0.556. The normalized spacial score (nSPS) is 16.7. The van der Waals surface area contributed by atoms with Crippen molar-refractivity contribution in [2.75, 3.05) is 13.1 Å². The van der Waals surface area contributed by atoms with Crippen LogP contribution in [0, 0.1) is 0 Å². The van der Waals surface area contributed by atoms with Gasteiger partial charge in [0.25, 0.3) is 0 Å². The van der Waals surface area contributed by atoms with Crippen LogP contribution < -0.4 is 0 Å². The number of carbonyl (C=O) groups is 1. The summed E-state index contributed by atoms with van der Waals surface area (Å²) in [5, 5.41) is 12.7. The summed E-state index contributed by atoms with van der Waals surface area (Å²) >= 11 is 3.07. The molecule has 0 atom stereocenters. The number of fused-ring (bicyclic) bond motifs is 1. The van der Waals surface area contributed by atoms with Crippen molar-refractivity contribution < 1.29 is 23.1 Å². The average molecular weight is 328 g/mol. The van der Waals surface area contributed by atoms with Gasteiger partial charge in [-0.25, -0.2) is 4.79 Å². The Bertz CT molecular complexity index is 486. The van der Waals surface area contributed by atoms with Crippen LogP contribution in [-0.2, 0) is 13.1 Å². The number of carboxylic acids is 1. The first-order valence-electron chi connectivity index (χ1n) is 5.05. The van der Waals surface area contributed by atoms with Gasteiger partial charge in [-0.3, -0.25) is 9.58 Å². The van der Waals surface area contributed by atoms with Gasteiger partial charge >= 0.3 is 12.1 Å². The quantitative estimate of drug-likeness (QED) is 0.898. The maximum absolute atomic E-state index is 12.3. The van der Waals surface area contributed by atoms with E-state index in [-0.39, 0.29) is 29.8 Å². The maximum Gasteiger partial charge on any atom is 0.401 e. The van der Waals surface area contributed by atoms with Gasteiger partial charge in [0.15, 0.2) is 5.69 Å². The second-order valence-corrected chi connectivity index (χ2v) is 4.76. The number of aromatic nitrogens is 2. The first kappa shape index (κ1) is 13.3. The molecule has 0 spiro atoms. The third kappa shape index (κ3) is 2.66. The molecule has 2 rings (SSSR count). The van der Waals surface area contributed by atoms with Crippen molar-refractivity contribution in [2.45, 2.75) is 19.3 Å². The minimum atomic E-state index is -4.26. The summed E-state index contributed by atoms with van der Waals surface area (Å²) < 4.78 is 38.5. The number of aromatic carboxylic acids is 1. The van der Waals surface area contributed by atoms with Crippen LogP contribution in [0.4, 0.5) is 13.2 Å². The van der Waals surface area contributed by atoms with Crippen molar-refractivity contribution in [3.8, 4) is 0 Å². The molecule has 0 saturated heterocycles. The topological polar surface area (TPSA) is 58.4 Å². The Kier molecular flexibility index (Phi) is 3.37. The van der Waals surface area contributed by atoms with Gasteiger partial charge in [-0.1, -0.05) is 0 Å². The van der Waals surface area contributed by atoms with Crippen LogP contribution in [0.25, 0.3) is 0 Å². The molecule has 0 bridgehead atoms. The van der Waals surface area contributed by atoms with Crippen molar-refractivity contribution in [1.82, 2.24) is 14.7 Å². The number of carboxylic acid groups (broad SMARTS) is 1. The molecule has 0 aliphatic carbocycles. The highest BCUT2D eigenvalue weighted by Crippen LogP contribution is 2.27. The summed E-state index contributed by atoms with van der Waals surface area (Å²) in [6, 6.07) is 0. The second kappa shape index (κ2) is 4.54. The van der Waals surface area contributed by atoms with Crippen LogP contribution in [0.5, 0.6) is 0 Å². The lowest BCUT2D eigenvalue weighted by molar-refractivity contribution is -0.148. The lowest BCUT2D eigenvalue weighted by atomic mass is 10.3. The van der Waals surface area contributed by atoms with Crippen molar-refractivity contribution in [2.24, 2.45) is 0 Å². The standard InChI is InChI=1S/C9H9BrF3N3O2/c10-6-5-3-15(4-9(11,12)13)1-2-16(5)14-7(6)8(17)18/h1-4H2,(H,17,18). The summed E-state index contributed by atoms with van der Waals surface area (Å²) in [4.78, 5) is 12.1. The van der Waals surface area contributed by atoms with E-state index in [0.29, 0.717) is 5.69 Å². The minimum absolute atomic E-state index is 0.0281. The molecular formula is C9H9BrF3N3O2. The summed E-state index contributed by atoms with van der Waals surface area (Å²) in [6.07, 6.45) is -4.26. The van der Waals surface area contributed by atoms with E-state index in [1.807, 2.05) is 0 Å². The van der Waals surface area contributed by atoms with Crippen LogP contribution >= 0.6 is 15.9 Å². The van der Waals surface area contributed by atoms with E-state index >= 15 is 0 Å². The Morgan fingerprint density at radius 1 is 1.44 bits per heavy atom. The fourth-order valence-electron chi connectivity index (χ4n) is 1.86. The zero-order valence-corrected chi connectivity index (χ0v) is 10.6. The molecule has 1 aromatic rings. The zero-order chi connectivity index (χ0) is 13.5. The van der Waals surface area contributed by atoms with E-state index in [1.54, 1.807) is 0 Å². The number of rotatable bonds is 2. The van der Waals surface area contributed by atoms with E-state index in [0.717, 1.165) is 0 Å². The molecule has 1 aliphatic heterocycles.